The van der Waals surface area contributed by atoms with Gasteiger partial charge in [0.1, 0.15) is 5.75 Å². The number of methoxy groups -OCH3 is 1. The zero-order valence-corrected chi connectivity index (χ0v) is 11.4. The van der Waals surface area contributed by atoms with Crippen LogP contribution in [0.15, 0.2) is 24.3 Å². The summed E-state index contributed by atoms with van der Waals surface area (Å²) in [4.78, 5) is 26.8. The van der Waals surface area contributed by atoms with Crippen molar-refractivity contribution in [2.45, 2.75) is 19.3 Å². The van der Waals surface area contributed by atoms with Crippen molar-refractivity contribution < 1.29 is 14.3 Å². The van der Waals surface area contributed by atoms with Crippen LogP contribution in [-0.4, -0.2) is 18.9 Å². The number of fused-ring (bicyclic) bond motifs is 5. The third-order valence-corrected chi connectivity index (χ3v) is 5.25. The number of imide groups is 1. The molecule has 3 aliphatic rings. The minimum absolute atomic E-state index is 0.0169. The first-order valence-electron chi connectivity index (χ1n) is 7.23. The Morgan fingerprint density at radius 2 is 1.65 bits per heavy atom. The van der Waals surface area contributed by atoms with E-state index >= 15 is 0 Å². The highest BCUT2D eigenvalue weighted by Crippen LogP contribution is 2.57. The Morgan fingerprint density at radius 1 is 1.05 bits per heavy atom. The maximum atomic E-state index is 12.7. The molecule has 0 unspecified atom stereocenters. The Morgan fingerprint density at radius 3 is 2.25 bits per heavy atom. The van der Waals surface area contributed by atoms with Crippen molar-refractivity contribution in [2.75, 3.05) is 12.0 Å². The Hall–Kier alpha value is -1.84. The molecule has 4 atom stereocenters. The molecule has 2 amide bonds. The predicted molar refractivity (Wildman–Crippen MR) is 73.3 cm³/mol. The van der Waals surface area contributed by atoms with Gasteiger partial charge in [-0.15, -0.1) is 0 Å². The van der Waals surface area contributed by atoms with E-state index in [0.29, 0.717) is 23.3 Å². The van der Waals surface area contributed by atoms with E-state index in [-0.39, 0.29) is 23.7 Å². The molecule has 0 N–H and O–H groups in total. The van der Waals surface area contributed by atoms with Gasteiger partial charge >= 0.3 is 0 Å². The van der Waals surface area contributed by atoms with E-state index in [9.17, 15) is 9.59 Å². The van der Waals surface area contributed by atoms with E-state index in [0.717, 1.165) is 19.3 Å². The summed E-state index contributed by atoms with van der Waals surface area (Å²) in [5.41, 5.74) is 0.596. The average Bonchev–Trinajstić information content (AvgIpc) is 3.13. The molecular weight excluding hydrogens is 254 g/mol. The molecule has 1 aromatic carbocycles. The second-order valence-electron chi connectivity index (χ2n) is 6.07. The number of carbonyl (C=O) groups is 2. The maximum absolute atomic E-state index is 12.7. The molecule has 1 heterocycles. The minimum Gasteiger partial charge on any atom is -0.495 e. The monoisotopic (exact) mass is 271 g/mol. The Balaban J connectivity index is 1.77. The van der Waals surface area contributed by atoms with Crippen molar-refractivity contribution in [3.05, 3.63) is 24.3 Å². The molecule has 0 spiro atoms. The van der Waals surface area contributed by atoms with Gasteiger partial charge in [0.15, 0.2) is 0 Å². The van der Waals surface area contributed by atoms with Crippen LogP contribution in [0, 0.1) is 23.7 Å². The van der Waals surface area contributed by atoms with Crippen LogP contribution in [0.2, 0.25) is 0 Å². The van der Waals surface area contributed by atoms with Gasteiger partial charge in [-0.25, -0.2) is 4.90 Å². The summed E-state index contributed by atoms with van der Waals surface area (Å²) in [5.74, 6) is 1.23. The number of para-hydroxylation sites is 2. The molecule has 1 aliphatic heterocycles. The molecule has 4 nitrogen and oxygen atoms in total. The van der Waals surface area contributed by atoms with Crippen LogP contribution in [0.3, 0.4) is 0 Å². The van der Waals surface area contributed by atoms with Crippen molar-refractivity contribution >= 4 is 17.5 Å². The van der Waals surface area contributed by atoms with Gasteiger partial charge in [-0.3, -0.25) is 9.59 Å². The fourth-order valence-electron chi connectivity index (χ4n) is 4.46. The zero-order chi connectivity index (χ0) is 13.9. The van der Waals surface area contributed by atoms with Crippen molar-refractivity contribution in [3.63, 3.8) is 0 Å². The third kappa shape index (κ3) is 1.37. The predicted octanol–water partition coefficient (Wildman–Crippen LogP) is 2.23. The molecular formula is C16H17NO3. The molecule has 0 radical (unpaired) electrons. The Kier molecular flexibility index (Phi) is 2.43. The van der Waals surface area contributed by atoms with Gasteiger partial charge in [0.2, 0.25) is 11.8 Å². The second kappa shape index (κ2) is 4.08. The lowest BCUT2D eigenvalue weighted by molar-refractivity contribution is -0.123. The lowest BCUT2D eigenvalue weighted by atomic mass is 9.81. The van der Waals surface area contributed by atoms with Gasteiger partial charge < -0.3 is 4.74 Å². The van der Waals surface area contributed by atoms with Crippen LogP contribution >= 0.6 is 0 Å². The number of hydrogen-bond acceptors (Lipinski definition) is 3. The maximum Gasteiger partial charge on any atom is 0.238 e. The molecule has 1 saturated heterocycles. The zero-order valence-electron chi connectivity index (χ0n) is 11.4. The summed E-state index contributed by atoms with van der Waals surface area (Å²) in [6.07, 6.45) is 3.27. The van der Waals surface area contributed by atoms with Crippen molar-refractivity contribution in [2.24, 2.45) is 23.7 Å². The van der Waals surface area contributed by atoms with Crippen molar-refractivity contribution in [1.29, 1.82) is 0 Å². The first-order valence-corrected chi connectivity index (χ1v) is 7.23. The topological polar surface area (TPSA) is 46.6 Å². The van der Waals surface area contributed by atoms with Crippen LogP contribution in [0.5, 0.6) is 5.75 Å². The van der Waals surface area contributed by atoms with Crippen LogP contribution in [-0.2, 0) is 9.59 Å². The van der Waals surface area contributed by atoms with E-state index in [1.54, 1.807) is 19.2 Å². The number of hydrogen-bond donors (Lipinski definition) is 0. The highest BCUT2D eigenvalue weighted by Gasteiger charge is 2.61. The molecule has 2 bridgehead atoms. The average molecular weight is 271 g/mol. The number of ether oxygens (including phenoxy) is 1. The molecule has 4 heteroatoms. The number of nitrogens with zero attached hydrogens (tertiary/aromatic N) is 1. The molecule has 0 aromatic heterocycles. The first kappa shape index (κ1) is 11.9. The fraction of sp³-hybridized carbons (Fsp3) is 0.500. The summed E-state index contributed by atoms with van der Waals surface area (Å²) in [6, 6.07) is 7.26. The van der Waals surface area contributed by atoms with E-state index in [4.69, 9.17) is 4.74 Å². The fourth-order valence-corrected chi connectivity index (χ4v) is 4.46. The van der Waals surface area contributed by atoms with Crippen LogP contribution in [0.1, 0.15) is 19.3 Å². The van der Waals surface area contributed by atoms with Gasteiger partial charge in [-0.1, -0.05) is 12.1 Å². The van der Waals surface area contributed by atoms with Gasteiger partial charge in [0, 0.05) is 0 Å². The van der Waals surface area contributed by atoms with Gasteiger partial charge in [0.05, 0.1) is 24.6 Å². The van der Waals surface area contributed by atoms with Crippen LogP contribution < -0.4 is 9.64 Å². The van der Waals surface area contributed by atoms with E-state index in [1.165, 1.54) is 4.90 Å². The molecule has 2 aliphatic carbocycles. The summed E-state index contributed by atoms with van der Waals surface area (Å²) in [6.45, 7) is 0. The third-order valence-electron chi connectivity index (χ3n) is 5.25. The number of carbonyl (C=O) groups excluding carboxylic acids is 2. The minimum atomic E-state index is -0.0776. The van der Waals surface area contributed by atoms with E-state index in [2.05, 4.69) is 0 Å². The van der Waals surface area contributed by atoms with Gasteiger partial charge in [-0.2, -0.15) is 0 Å². The lowest BCUT2D eigenvalue weighted by Gasteiger charge is -2.19. The standard InChI is InChI=1S/C16H17NO3/c1-20-12-5-3-2-4-11(12)17-15(18)13-9-6-7-10(8-9)14(13)16(17)19/h2-5,9-10,13-14H,6-8H2,1H3/t9-,10+,13-,14+. The van der Waals surface area contributed by atoms with Gasteiger partial charge in [0.25, 0.3) is 0 Å². The molecule has 20 heavy (non-hydrogen) atoms. The molecule has 1 aromatic rings. The summed E-state index contributed by atoms with van der Waals surface area (Å²) in [5, 5.41) is 0. The number of benzene rings is 1. The van der Waals surface area contributed by atoms with Crippen LogP contribution in [0.4, 0.5) is 5.69 Å². The molecule has 2 saturated carbocycles. The summed E-state index contributed by atoms with van der Waals surface area (Å²) < 4.78 is 5.30. The van der Waals surface area contributed by atoms with E-state index in [1.807, 2.05) is 12.1 Å². The smallest absolute Gasteiger partial charge is 0.238 e. The summed E-state index contributed by atoms with van der Waals surface area (Å²) >= 11 is 0. The molecule has 104 valence electrons. The van der Waals surface area contributed by atoms with Crippen LogP contribution in [0.25, 0.3) is 0 Å². The second-order valence-corrected chi connectivity index (χ2v) is 6.07. The number of anilines is 1. The summed E-state index contributed by atoms with van der Waals surface area (Å²) in [7, 11) is 1.56. The normalized spacial score (nSPS) is 34.8. The molecule has 4 rings (SSSR count). The van der Waals surface area contributed by atoms with Crippen molar-refractivity contribution in [3.8, 4) is 5.75 Å². The first-order chi connectivity index (χ1) is 9.72. The number of rotatable bonds is 2. The quantitative estimate of drug-likeness (QED) is 0.775. The Labute approximate surface area is 117 Å². The lowest BCUT2D eigenvalue weighted by Crippen LogP contribution is -2.33. The highest BCUT2D eigenvalue weighted by molar-refractivity contribution is 6.23. The SMILES string of the molecule is COc1ccccc1N1C(=O)[C@@H]2[C@@H]3CC[C@@H](C3)[C@@H]2C1=O. The van der Waals surface area contributed by atoms with E-state index < -0.39 is 0 Å². The Bertz CT molecular complexity index is 569. The van der Waals surface area contributed by atoms with Crippen molar-refractivity contribution in [1.82, 2.24) is 0 Å². The van der Waals surface area contributed by atoms with Gasteiger partial charge in [-0.05, 0) is 43.2 Å². The largest absolute Gasteiger partial charge is 0.495 e. The number of amides is 2. The molecule has 3 fully saturated rings. The highest BCUT2D eigenvalue weighted by atomic mass is 16.5.